The molecule has 0 saturated carbocycles. The molecular formula is C18H21N. The number of piperidine rings is 1. The van der Waals surface area contributed by atoms with Crippen molar-refractivity contribution < 1.29 is 0 Å². The molecule has 0 aliphatic carbocycles. The van der Waals surface area contributed by atoms with Crippen LogP contribution in [-0.2, 0) is 0 Å². The Morgan fingerprint density at radius 1 is 0.947 bits per heavy atom. The van der Waals surface area contributed by atoms with Gasteiger partial charge in [-0.2, -0.15) is 0 Å². The van der Waals surface area contributed by atoms with Gasteiger partial charge >= 0.3 is 0 Å². The third-order valence-electron chi connectivity index (χ3n) is 4.05. The minimum atomic E-state index is 0.517. The highest BCUT2D eigenvalue weighted by atomic mass is 14.9. The van der Waals surface area contributed by atoms with Gasteiger partial charge in [0.05, 0.1) is 0 Å². The van der Waals surface area contributed by atoms with Gasteiger partial charge < -0.3 is 5.32 Å². The quantitative estimate of drug-likeness (QED) is 0.830. The summed E-state index contributed by atoms with van der Waals surface area (Å²) in [5, 5.41) is 3.67. The zero-order valence-corrected chi connectivity index (χ0v) is 11.5. The largest absolute Gasteiger partial charge is 0.310 e. The number of benzene rings is 2. The first-order valence-corrected chi connectivity index (χ1v) is 7.24. The van der Waals surface area contributed by atoms with Gasteiger partial charge in [-0.15, -0.1) is 0 Å². The van der Waals surface area contributed by atoms with E-state index in [1.54, 1.807) is 0 Å². The molecule has 1 nitrogen and oxygen atoms in total. The maximum absolute atomic E-state index is 3.67. The summed E-state index contributed by atoms with van der Waals surface area (Å²) in [6.07, 6.45) is 3.89. The van der Waals surface area contributed by atoms with Crippen LogP contribution in [0.3, 0.4) is 0 Å². The van der Waals surface area contributed by atoms with Crippen LogP contribution in [0.2, 0.25) is 0 Å². The average Bonchev–Trinajstić information content (AvgIpc) is 2.49. The minimum absolute atomic E-state index is 0.517. The Balaban J connectivity index is 2.07. The maximum atomic E-state index is 3.67. The second kappa shape index (κ2) is 5.58. The van der Waals surface area contributed by atoms with Crippen LogP contribution in [0.5, 0.6) is 0 Å². The number of nitrogens with one attached hydrogen (secondary N) is 1. The first-order chi connectivity index (χ1) is 9.36. The second-order valence-electron chi connectivity index (χ2n) is 5.41. The molecule has 2 aromatic carbocycles. The van der Waals surface area contributed by atoms with Gasteiger partial charge in [0.1, 0.15) is 0 Å². The molecule has 0 bridgehead atoms. The summed E-state index contributed by atoms with van der Waals surface area (Å²) < 4.78 is 0. The van der Waals surface area contributed by atoms with E-state index >= 15 is 0 Å². The summed E-state index contributed by atoms with van der Waals surface area (Å²) in [6, 6.07) is 18.0. The van der Waals surface area contributed by atoms with E-state index in [9.17, 15) is 0 Å². The summed E-state index contributed by atoms with van der Waals surface area (Å²) in [7, 11) is 0. The van der Waals surface area contributed by atoms with E-state index < -0.39 is 0 Å². The van der Waals surface area contributed by atoms with E-state index in [1.165, 1.54) is 41.5 Å². The van der Waals surface area contributed by atoms with Gasteiger partial charge in [-0.1, -0.05) is 55.0 Å². The van der Waals surface area contributed by atoms with Gasteiger partial charge in [0.2, 0.25) is 0 Å². The molecule has 98 valence electrons. The van der Waals surface area contributed by atoms with Crippen molar-refractivity contribution in [1.29, 1.82) is 0 Å². The Hall–Kier alpha value is -1.60. The summed E-state index contributed by atoms with van der Waals surface area (Å²) in [5.74, 6) is 0. The highest BCUT2D eigenvalue weighted by Crippen LogP contribution is 2.34. The van der Waals surface area contributed by atoms with E-state index in [-0.39, 0.29) is 0 Å². The van der Waals surface area contributed by atoms with Gasteiger partial charge in [-0.25, -0.2) is 0 Å². The van der Waals surface area contributed by atoms with Crippen LogP contribution in [0.15, 0.2) is 48.5 Å². The SMILES string of the molecule is Cc1cccc(C2CCCCN2)c1-c1ccccc1. The van der Waals surface area contributed by atoms with Crippen LogP contribution in [0.4, 0.5) is 0 Å². The van der Waals surface area contributed by atoms with Crippen molar-refractivity contribution in [3.05, 3.63) is 59.7 Å². The first-order valence-electron chi connectivity index (χ1n) is 7.24. The highest BCUT2D eigenvalue weighted by Gasteiger charge is 2.19. The summed E-state index contributed by atoms with van der Waals surface area (Å²) in [4.78, 5) is 0. The Morgan fingerprint density at radius 3 is 2.53 bits per heavy atom. The Labute approximate surface area is 115 Å². The third-order valence-corrected chi connectivity index (χ3v) is 4.05. The number of hydrogen-bond acceptors (Lipinski definition) is 1. The zero-order chi connectivity index (χ0) is 13.1. The van der Waals surface area contributed by atoms with E-state index in [0.717, 1.165) is 6.54 Å². The van der Waals surface area contributed by atoms with E-state index in [1.807, 2.05) is 0 Å². The fourth-order valence-electron chi connectivity index (χ4n) is 3.10. The Kier molecular flexibility index (Phi) is 3.65. The third kappa shape index (κ3) is 2.57. The lowest BCUT2D eigenvalue weighted by molar-refractivity contribution is 0.413. The normalized spacial score (nSPS) is 19.3. The van der Waals surface area contributed by atoms with Gasteiger partial charge in [0, 0.05) is 6.04 Å². The van der Waals surface area contributed by atoms with Crippen LogP contribution in [0, 0.1) is 6.92 Å². The lowest BCUT2D eigenvalue weighted by atomic mass is 9.88. The lowest BCUT2D eigenvalue weighted by Crippen LogP contribution is -2.27. The van der Waals surface area contributed by atoms with Crippen LogP contribution in [0.25, 0.3) is 11.1 Å². The van der Waals surface area contributed by atoms with Gasteiger partial charge in [-0.3, -0.25) is 0 Å². The maximum Gasteiger partial charge on any atom is 0.0326 e. The molecule has 0 aromatic heterocycles. The molecule has 1 atom stereocenters. The van der Waals surface area contributed by atoms with E-state index in [0.29, 0.717) is 6.04 Å². The van der Waals surface area contributed by atoms with Crippen molar-refractivity contribution in [2.24, 2.45) is 0 Å². The Morgan fingerprint density at radius 2 is 1.79 bits per heavy atom. The predicted octanol–water partition coefficient (Wildman–Crippen LogP) is 4.48. The summed E-state index contributed by atoms with van der Waals surface area (Å²) in [6.45, 7) is 3.36. The molecule has 1 fully saturated rings. The van der Waals surface area contributed by atoms with Crippen molar-refractivity contribution >= 4 is 0 Å². The average molecular weight is 251 g/mol. The molecule has 1 N–H and O–H groups in total. The van der Waals surface area contributed by atoms with Crippen LogP contribution in [-0.4, -0.2) is 6.54 Å². The summed E-state index contributed by atoms with van der Waals surface area (Å²) >= 11 is 0. The highest BCUT2D eigenvalue weighted by molar-refractivity contribution is 5.71. The van der Waals surface area contributed by atoms with E-state index in [4.69, 9.17) is 0 Å². The molecule has 1 heteroatoms. The fourth-order valence-corrected chi connectivity index (χ4v) is 3.10. The molecule has 1 saturated heterocycles. The van der Waals surface area contributed by atoms with Gasteiger partial charge in [0.15, 0.2) is 0 Å². The monoisotopic (exact) mass is 251 g/mol. The molecule has 0 amide bonds. The van der Waals surface area contributed by atoms with Crippen LogP contribution < -0.4 is 5.32 Å². The molecule has 2 aromatic rings. The first kappa shape index (κ1) is 12.4. The molecule has 1 aliphatic heterocycles. The smallest absolute Gasteiger partial charge is 0.0326 e. The van der Waals surface area contributed by atoms with Crippen LogP contribution >= 0.6 is 0 Å². The van der Waals surface area contributed by atoms with Crippen molar-refractivity contribution in [1.82, 2.24) is 5.32 Å². The summed E-state index contributed by atoms with van der Waals surface area (Å²) in [5.41, 5.74) is 5.59. The lowest BCUT2D eigenvalue weighted by Gasteiger charge is -2.27. The topological polar surface area (TPSA) is 12.0 Å². The molecule has 19 heavy (non-hydrogen) atoms. The Bertz CT molecular complexity index is 539. The number of hydrogen-bond donors (Lipinski definition) is 1. The van der Waals surface area contributed by atoms with Gasteiger partial charge in [-0.05, 0) is 48.6 Å². The molecular weight excluding hydrogens is 230 g/mol. The number of aryl methyl sites for hydroxylation is 1. The second-order valence-corrected chi connectivity index (χ2v) is 5.41. The van der Waals surface area contributed by atoms with Gasteiger partial charge in [0.25, 0.3) is 0 Å². The zero-order valence-electron chi connectivity index (χ0n) is 11.5. The molecule has 0 radical (unpaired) electrons. The fraction of sp³-hybridized carbons (Fsp3) is 0.333. The number of rotatable bonds is 2. The van der Waals surface area contributed by atoms with Crippen molar-refractivity contribution in [2.45, 2.75) is 32.2 Å². The van der Waals surface area contributed by atoms with Crippen molar-refractivity contribution in [2.75, 3.05) is 6.54 Å². The minimum Gasteiger partial charge on any atom is -0.310 e. The van der Waals surface area contributed by atoms with Crippen LogP contribution in [0.1, 0.15) is 36.4 Å². The molecule has 1 unspecified atom stereocenters. The molecule has 1 heterocycles. The van der Waals surface area contributed by atoms with Crippen molar-refractivity contribution in [3.8, 4) is 11.1 Å². The predicted molar refractivity (Wildman–Crippen MR) is 81.2 cm³/mol. The molecule has 3 rings (SSSR count). The molecule has 1 aliphatic rings. The molecule has 0 spiro atoms. The standard InChI is InChI=1S/C18H21N/c1-14-8-7-11-16(17-12-5-6-13-19-17)18(14)15-9-3-2-4-10-15/h2-4,7-11,17,19H,5-6,12-13H2,1H3. The van der Waals surface area contributed by atoms with E-state index in [2.05, 4.69) is 60.8 Å². The van der Waals surface area contributed by atoms with Crippen molar-refractivity contribution in [3.63, 3.8) is 0 Å².